The molecule has 1 saturated heterocycles. The largest absolute Gasteiger partial charge is 0.350 e. The number of likely N-dealkylation sites (tertiary alicyclic amines) is 1. The molecule has 0 radical (unpaired) electrons. The van der Waals surface area contributed by atoms with Crippen molar-refractivity contribution >= 4 is 36.6 Å². The Morgan fingerprint density at radius 3 is 2.31 bits per heavy atom. The second-order valence-corrected chi connectivity index (χ2v) is 6.48. The van der Waals surface area contributed by atoms with Crippen LogP contribution in [-0.2, 0) is 22.7 Å². The molecule has 0 aliphatic carbocycles. The number of carbonyl (C=O) groups is 2. The van der Waals surface area contributed by atoms with Crippen LogP contribution in [0, 0.1) is 5.92 Å². The van der Waals surface area contributed by atoms with E-state index in [2.05, 4.69) is 28.5 Å². The van der Waals surface area contributed by atoms with Crippen molar-refractivity contribution in [2.75, 3.05) is 26.2 Å². The molecule has 8 heteroatoms. The van der Waals surface area contributed by atoms with E-state index >= 15 is 0 Å². The Hall–Kier alpha value is -1.34. The normalized spacial score (nSPS) is 14.7. The van der Waals surface area contributed by atoms with Crippen molar-refractivity contribution in [1.82, 2.24) is 15.5 Å². The first-order chi connectivity index (χ1) is 11.6. The predicted molar refractivity (Wildman–Crippen MR) is 109 cm³/mol. The van der Waals surface area contributed by atoms with E-state index in [0.29, 0.717) is 6.54 Å². The van der Waals surface area contributed by atoms with E-state index in [9.17, 15) is 9.59 Å². The molecule has 0 spiro atoms. The number of nitrogens with one attached hydrogen (secondary N) is 2. The highest BCUT2D eigenvalue weighted by atomic mass is 35.5. The highest BCUT2D eigenvalue weighted by Gasteiger charge is 2.16. The fourth-order valence-electron chi connectivity index (χ4n) is 2.85. The summed E-state index contributed by atoms with van der Waals surface area (Å²) in [5.41, 5.74) is 7.56. The fourth-order valence-corrected chi connectivity index (χ4v) is 2.85. The molecule has 1 aliphatic heterocycles. The van der Waals surface area contributed by atoms with Gasteiger partial charge >= 0.3 is 0 Å². The van der Waals surface area contributed by atoms with Crippen LogP contribution in [0.4, 0.5) is 0 Å². The van der Waals surface area contributed by atoms with Crippen LogP contribution >= 0.6 is 24.8 Å². The lowest BCUT2D eigenvalue weighted by atomic mass is 9.98. The Morgan fingerprint density at radius 2 is 1.69 bits per heavy atom. The van der Waals surface area contributed by atoms with Crippen LogP contribution in [0.2, 0.25) is 0 Å². The molecule has 1 aromatic rings. The molecule has 0 atom stereocenters. The van der Waals surface area contributed by atoms with Crippen molar-refractivity contribution in [2.24, 2.45) is 11.7 Å². The van der Waals surface area contributed by atoms with Gasteiger partial charge in [-0.15, -0.1) is 24.8 Å². The number of piperidine rings is 1. The molecule has 0 aromatic heterocycles. The number of nitrogens with two attached hydrogens (primary N) is 1. The highest BCUT2D eigenvalue weighted by molar-refractivity contribution is 5.86. The van der Waals surface area contributed by atoms with E-state index in [-0.39, 0.29) is 49.7 Å². The third-order valence-electron chi connectivity index (χ3n) is 4.50. The zero-order valence-electron chi connectivity index (χ0n) is 15.2. The summed E-state index contributed by atoms with van der Waals surface area (Å²) in [6.07, 6.45) is 2.50. The van der Waals surface area contributed by atoms with Crippen LogP contribution in [0.5, 0.6) is 0 Å². The molecule has 1 aliphatic rings. The van der Waals surface area contributed by atoms with Crippen molar-refractivity contribution in [3.05, 3.63) is 35.4 Å². The van der Waals surface area contributed by atoms with Crippen LogP contribution in [0.15, 0.2) is 24.3 Å². The molecular formula is C18H30Cl2N4O2. The van der Waals surface area contributed by atoms with Gasteiger partial charge < -0.3 is 16.4 Å². The number of halogens is 2. The van der Waals surface area contributed by atoms with Crippen LogP contribution < -0.4 is 16.4 Å². The smallest absolute Gasteiger partial charge is 0.239 e. The first-order valence-corrected chi connectivity index (χ1v) is 8.61. The van der Waals surface area contributed by atoms with Crippen molar-refractivity contribution in [2.45, 2.75) is 32.9 Å². The summed E-state index contributed by atoms with van der Waals surface area (Å²) < 4.78 is 0. The van der Waals surface area contributed by atoms with Gasteiger partial charge in [-0.1, -0.05) is 31.2 Å². The van der Waals surface area contributed by atoms with Crippen LogP contribution in [0.25, 0.3) is 0 Å². The minimum absolute atomic E-state index is 0. The van der Waals surface area contributed by atoms with Gasteiger partial charge in [-0.2, -0.15) is 0 Å². The van der Waals surface area contributed by atoms with Crippen molar-refractivity contribution < 1.29 is 9.59 Å². The fraction of sp³-hybridized carbons (Fsp3) is 0.556. The third-order valence-corrected chi connectivity index (χ3v) is 4.50. The van der Waals surface area contributed by atoms with Gasteiger partial charge in [0.15, 0.2) is 0 Å². The van der Waals surface area contributed by atoms with Gasteiger partial charge in [0.05, 0.1) is 13.1 Å². The van der Waals surface area contributed by atoms with Crippen LogP contribution in [-0.4, -0.2) is 42.9 Å². The maximum Gasteiger partial charge on any atom is 0.239 e. The van der Waals surface area contributed by atoms with Gasteiger partial charge in [-0.3, -0.25) is 14.5 Å². The molecule has 0 unspecified atom stereocenters. The van der Waals surface area contributed by atoms with Crippen molar-refractivity contribution in [1.29, 1.82) is 0 Å². The minimum atomic E-state index is -0.329. The Labute approximate surface area is 168 Å². The van der Waals surface area contributed by atoms with Crippen LogP contribution in [0.3, 0.4) is 0 Å². The summed E-state index contributed by atoms with van der Waals surface area (Å²) in [6.45, 7) is 5.82. The van der Waals surface area contributed by atoms with Crippen LogP contribution in [0.1, 0.15) is 30.9 Å². The zero-order valence-corrected chi connectivity index (χ0v) is 16.8. The Kier molecular flexibility index (Phi) is 12.3. The Bertz CT molecular complexity index is 564. The Balaban J connectivity index is 0.00000312. The first-order valence-electron chi connectivity index (χ1n) is 8.61. The summed E-state index contributed by atoms with van der Waals surface area (Å²) in [5, 5.41) is 5.32. The average molecular weight is 405 g/mol. The molecular weight excluding hydrogens is 375 g/mol. The van der Waals surface area contributed by atoms with E-state index in [0.717, 1.165) is 31.1 Å². The zero-order chi connectivity index (χ0) is 17.4. The van der Waals surface area contributed by atoms with E-state index in [1.165, 1.54) is 18.4 Å². The van der Waals surface area contributed by atoms with Crippen molar-refractivity contribution in [3.63, 3.8) is 0 Å². The van der Waals surface area contributed by atoms with E-state index in [4.69, 9.17) is 5.73 Å². The molecule has 6 nitrogen and oxygen atoms in total. The lowest BCUT2D eigenvalue weighted by Crippen LogP contribution is -2.39. The average Bonchev–Trinajstić information content (AvgIpc) is 2.60. The minimum Gasteiger partial charge on any atom is -0.350 e. The number of hydrogen-bond acceptors (Lipinski definition) is 4. The quantitative estimate of drug-likeness (QED) is 0.641. The second kappa shape index (κ2) is 12.9. The first kappa shape index (κ1) is 24.7. The summed E-state index contributed by atoms with van der Waals surface area (Å²) in [5.74, 6) is 0.280. The monoisotopic (exact) mass is 404 g/mol. The molecule has 148 valence electrons. The van der Waals surface area contributed by atoms with Gasteiger partial charge in [0.25, 0.3) is 0 Å². The molecule has 1 aromatic carbocycles. The number of amides is 2. The van der Waals surface area contributed by atoms with Gasteiger partial charge in [0.1, 0.15) is 0 Å². The standard InChI is InChI=1S/C18H28N4O2.2ClH/c1-14-6-8-22(9-7-14)13-16-5-3-2-4-15(16)11-20-18(24)12-21-17(23)10-19;;/h2-5,14H,6-13,19H2,1H3,(H,20,24)(H,21,23);2*1H. The number of nitrogens with zero attached hydrogens (tertiary/aromatic N) is 1. The van der Waals surface area contributed by atoms with Gasteiger partial charge in [0.2, 0.25) is 11.8 Å². The maximum absolute atomic E-state index is 11.8. The predicted octanol–water partition coefficient (Wildman–Crippen LogP) is 1.45. The molecule has 2 amide bonds. The summed E-state index contributed by atoms with van der Waals surface area (Å²) in [7, 11) is 0. The third kappa shape index (κ3) is 8.36. The number of rotatable bonds is 7. The summed E-state index contributed by atoms with van der Waals surface area (Å²) in [6, 6.07) is 8.19. The van der Waals surface area contributed by atoms with E-state index in [1.807, 2.05) is 18.2 Å². The molecule has 0 bridgehead atoms. The number of hydrogen-bond donors (Lipinski definition) is 3. The second-order valence-electron chi connectivity index (χ2n) is 6.48. The SMILES string of the molecule is CC1CCN(Cc2ccccc2CNC(=O)CNC(=O)CN)CC1.Cl.Cl. The molecule has 26 heavy (non-hydrogen) atoms. The van der Waals surface area contributed by atoms with Gasteiger partial charge in [-0.25, -0.2) is 0 Å². The molecule has 0 saturated carbocycles. The molecule has 4 N–H and O–H groups in total. The maximum atomic E-state index is 11.8. The number of benzene rings is 1. The van der Waals surface area contributed by atoms with Gasteiger partial charge in [0, 0.05) is 13.1 Å². The Morgan fingerprint density at radius 1 is 1.08 bits per heavy atom. The molecule has 1 heterocycles. The van der Waals surface area contributed by atoms with E-state index in [1.54, 1.807) is 0 Å². The topological polar surface area (TPSA) is 87.5 Å². The molecule has 2 rings (SSSR count). The lowest BCUT2D eigenvalue weighted by molar-refractivity contribution is -0.125. The van der Waals surface area contributed by atoms with Crippen molar-refractivity contribution in [3.8, 4) is 0 Å². The molecule has 1 fully saturated rings. The summed E-state index contributed by atoms with van der Waals surface area (Å²) in [4.78, 5) is 25.3. The summed E-state index contributed by atoms with van der Waals surface area (Å²) >= 11 is 0. The lowest BCUT2D eigenvalue weighted by Gasteiger charge is -2.30. The van der Waals surface area contributed by atoms with Gasteiger partial charge in [-0.05, 0) is 43.0 Å². The van der Waals surface area contributed by atoms with E-state index < -0.39 is 0 Å². The highest BCUT2D eigenvalue weighted by Crippen LogP contribution is 2.19. The number of carbonyl (C=O) groups excluding carboxylic acids is 2.